The molecule has 1 aliphatic heterocycles. The Balaban J connectivity index is 1.42. The molecule has 1 aromatic carbocycles. The molecule has 3 aromatic rings. The standard InChI is InChI=1S/C22H25ClN4O2/c1-29-12-11-27-20(25-19-3-2-9-24-22(19)27)13-17-8-10-26(15-17)21(28)14-16-4-6-18(23)7-5-16/h2-7,9,17H,8,10-15H2,1H3/t17-/m0/s1. The second-order valence-electron chi connectivity index (χ2n) is 7.52. The van der Waals surface area contributed by atoms with Crippen molar-refractivity contribution in [1.29, 1.82) is 0 Å². The van der Waals surface area contributed by atoms with Gasteiger partial charge in [0.25, 0.3) is 0 Å². The van der Waals surface area contributed by atoms with Gasteiger partial charge < -0.3 is 14.2 Å². The van der Waals surface area contributed by atoms with Gasteiger partial charge in [0, 0.05) is 44.4 Å². The number of aromatic nitrogens is 3. The van der Waals surface area contributed by atoms with Gasteiger partial charge in [0.1, 0.15) is 11.3 Å². The number of ether oxygens (including phenoxy) is 1. The molecule has 0 N–H and O–H groups in total. The molecule has 7 heteroatoms. The maximum atomic E-state index is 12.7. The molecule has 3 heterocycles. The van der Waals surface area contributed by atoms with E-state index in [2.05, 4.69) is 9.55 Å². The summed E-state index contributed by atoms with van der Waals surface area (Å²) in [6, 6.07) is 11.4. The van der Waals surface area contributed by atoms with Gasteiger partial charge in [0.05, 0.1) is 13.0 Å². The van der Waals surface area contributed by atoms with Gasteiger partial charge >= 0.3 is 0 Å². The molecule has 1 amide bonds. The van der Waals surface area contributed by atoms with E-state index >= 15 is 0 Å². The summed E-state index contributed by atoms with van der Waals surface area (Å²) >= 11 is 5.93. The molecular formula is C22H25ClN4O2. The highest BCUT2D eigenvalue weighted by atomic mass is 35.5. The molecule has 0 unspecified atom stereocenters. The minimum absolute atomic E-state index is 0.171. The van der Waals surface area contributed by atoms with E-state index in [4.69, 9.17) is 21.3 Å². The molecule has 0 bridgehead atoms. The average Bonchev–Trinajstić information content (AvgIpc) is 3.33. The maximum absolute atomic E-state index is 12.7. The lowest BCUT2D eigenvalue weighted by Gasteiger charge is -2.17. The molecule has 29 heavy (non-hydrogen) atoms. The largest absolute Gasteiger partial charge is 0.383 e. The normalized spacial score (nSPS) is 16.6. The van der Waals surface area contributed by atoms with E-state index in [1.54, 1.807) is 13.3 Å². The molecule has 6 nitrogen and oxygen atoms in total. The molecule has 1 atom stereocenters. The van der Waals surface area contributed by atoms with Crippen LogP contribution in [0.1, 0.15) is 17.8 Å². The van der Waals surface area contributed by atoms with E-state index in [0.29, 0.717) is 24.0 Å². The Morgan fingerprint density at radius 2 is 2.10 bits per heavy atom. The van der Waals surface area contributed by atoms with E-state index in [0.717, 1.165) is 55.0 Å². The van der Waals surface area contributed by atoms with Gasteiger partial charge in [-0.1, -0.05) is 23.7 Å². The number of halogens is 1. The summed E-state index contributed by atoms with van der Waals surface area (Å²) in [5, 5.41) is 0.688. The van der Waals surface area contributed by atoms with Crippen molar-refractivity contribution in [2.45, 2.75) is 25.8 Å². The van der Waals surface area contributed by atoms with Gasteiger partial charge in [0.2, 0.25) is 5.91 Å². The van der Waals surface area contributed by atoms with Gasteiger partial charge in [-0.2, -0.15) is 0 Å². The Bertz CT molecular complexity index is 986. The Kier molecular flexibility index (Phi) is 6.11. The highest BCUT2D eigenvalue weighted by molar-refractivity contribution is 6.30. The zero-order valence-electron chi connectivity index (χ0n) is 16.6. The first-order chi connectivity index (χ1) is 14.1. The fourth-order valence-electron chi connectivity index (χ4n) is 3.95. The molecule has 0 spiro atoms. The SMILES string of the molecule is COCCn1c(C[C@@H]2CCN(C(=O)Cc3ccc(Cl)cc3)C2)nc2cccnc21. The number of likely N-dealkylation sites (tertiary alicyclic amines) is 1. The molecule has 1 aliphatic rings. The van der Waals surface area contributed by atoms with Crippen molar-refractivity contribution in [3.8, 4) is 0 Å². The van der Waals surface area contributed by atoms with Crippen molar-refractivity contribution in [2.75, 3.05) is 26.8 Å². The molecule has 1 fully saturated rings. The van der Waals surface area contributed by atoms with Crippen LogP contribution in [0.25, 0.3) is 11.2 Å². The predicted molar refractivity (Wildman–Crippen MR) is 113 cm³/mol. The van der Waals surface area contributed by atoms with Crippen molar-refractivity contribution in [3.63, 3.8) is 0 Å². The first kappa shape index (κ1) is 19.9. The van der Waals surface area contributed by atoms with Crippen LogP contribution >= 0.6 is 11.6 Å². The lowest BCUT2D eigenvalue weighted by molar-refractivity contribution is -0.129. The third-order valence-corrected chi connectivity index (χ3v) is 5.73. The van der Waals surface area contributed by atoms with Crippen LogP contribution in [0.4, 0.5) is 0 Å². The van der Waals surface area contributed by atoms with Crippen molar-refractivity contribution in [3.05, 3.63) is 59.0 Å². The highest BCUT2D eigenvalue weighted by Crippen LogP contribution is 2.24. The van der Waals surface area contributed by atoms with Crippen LogP contribution in [-0.2, 0) is 28.9 Å². The Labute approximate surface area is 175 Å². The second kappa shape index (κ2) is 8.93. The summed E-state index contributed by atoms with van der Waals surface area (Å²) in [5.41, 5.74) is 2.80. The zero-order chi connectivity index (χ0) is 20.2. The third kappa shape index (κ3) is 4.60. The van der Waals surface area contributed by atoms with E-state index in [9.17, 15) is 4.79 Å². The van der Waals surface area contributed by atoms with Crippen LogP contribution in [0.3, 0.4) is 0 Å². The first-order valence-corrected chi connectivity index (χ1v) is 10.3. The number of carbonyl (C=O) groups is 1. The van der Waals surface area contributed by atoms with Gasteiger partial charge in [-0.25, -0.2) is 9.97 Å². The number of benzene rings is 1. The minimum atomic E-state index is 0.171. The lowest BCUT2D eigenvalue weighted by Crippen LogP contribution is -2.30. The van der Waals surface area contributed by atoms with E-state index in [-0.39, 0.29) is 5.91 Å². The van der Waals surface area contributed by atoms with Gasteiger partial charge in [-0.05, 0) is 42.2 Å². The Morgan fingerprint density at radius 1 is 1.28 bits per heavy atom. The number of imidazole rings is 1. The number of fused-ring (bicyclic) bond motifs is 1. The van der Waals surface area contributed by atoms with Gasteiger partial charge in [0.15, 0.2) is 5.65 Å². The van der Waals surface area contributed by atoms with Crippen LogP contribution in [0.5, 0.6) is 0 Å². The molecule has 2 aromatic heterocycles. The number of amides is 1. The topological polar surface area (TPSA) is 60.2 Å². The van der Waals surface area contributed by atoms with Crippen molar-refractivity contribution >= 4 is 28.7 Å². The van der Waals surface area contributed by atoms with Crippen molar-refractivity contribution < 1.29 is 9.53 Å². The summed E-state index contributed by atoms with van der Waals surface area (Å²) in [6.07, 6.45) is 4.04. The smallest absolute Gasteiger partial charge is 0.226 e. The number of carbonyl (C=O) groups excluding carboxylic acids is 1. The number of methoxy groups -OCH3 is 1. The summed E-state index contributed by atoms with van der Waals surface area (Å²) in [5.74, 6) is 1.60. The van der Waals surface area contributed by atoms with E-state index in [1.165, 1.54) is 0 Å². The fraction of sp³-hybridized carbons (Fsp3) is 0.409. The first-order valence-electron chi connectivity index (χ1n) is 9.95. The quantitative estimate of drug-likeness (QED) is 0.597. The summed E-state index contributed by atoms with van der Waals surface area (Å²) in [4.78, 5) is 24.0. The average molecular weight is 413 g/mol. The minimum Gasteiger partial charge on any atom is -0.383 e. The maximum Gasteiger partial charge on any atom is 0.226 e. The molecule has 0 radical (unpaired) electrons. The summed E-state index contributed by atoms with van der Waals surface area (Å²) in [7, 11) is 1.70. The van der Waals surface area contributed by atoms with E-state index in [1.807, 2.05) is 41.3 Å². The number of hydrogen-bond donors (Lipinski definition) is 0. The number of rotatable bonds is 7. The molecular weight excluding hydrogens is 388 g/mol. The lowest BCUT2D eigenvalue weighted by atomic mass is 10.0. The Hall–Kier alpha value is -2.44. The van der Waals surface area contributed by atoms with Gasteiger partial charge in [-0.15, -0.1) is 0 Å². The van der Waals surface area contributed by atoms with Gasteiger partial charge in [-0.3, -0.25) is 4.79 Å². The van der Waals surface area contributed by atoms with Crippen LogP contribution in [0, 0.1) is 5.92 Å². The highest BCUT2D eigenvalue weighted by Gasteiger charge is 2.28. The molecule has 0 saturated carbocycles. The van der Waals surface area contributed by atoms with Crippen molar-refractivity contribution in [2.24, 2.45) is 5.92 Å². The van der Waals surface area contributed by atoms with Crippen LogP contribution < -0.4 is 0 Å². The molecule has 4 rings (SSSR count). The van der Waals surface area contributed by atoms with Crippen molar-refractivity contribution in [1.82, 2.24) is 19.4 Å². The number of nitrogens with zero attached hydrogens (tertiary/aromatic N) is 4. The Morgan fingerprint density at radius 3 is 2.90 bits per heavy atom. The summed E-state index contributed by atoms with van der Waals surface area (Å²) in [6.45, 7) is 2.91. The van der Waals surface area contributed by atoms with Crippen LogP contribution in [0.2, 0.25) is 5.02 Å². The third-order valence-electron chi connectivity index (χ3n) is 5.48. The van der Waals surface area contributed by atoms with E-state index < -0.39 is 0 Å². The fourth-order valence-corrected chi connectivity index (χ4v) is 4.08. The monoisotopic (exact) mass is 412 g/mol. The number of hydrogen-bond acceptors (Lipinski definition) is 4. The van der Waals surface area contributed by atoms with Crippen LogP contribution in [0.15, 0.2) is 42.6 Å². The predicted octanol–water partition coefficient (Wildman–Crippen LogP) is 3.36. The molecule has 0 aliphatic carbocycles. The molecule has 1 saturated heterocycles. The van der Waals surface area contributed by atoms with Crippen LogP contribution in [-0.4, -0.2) is 52.1 Å². The second-order valence-corrected chi connectivity index (χ2v) is 7.96. The number of pyridine rings is 1. The molecule has 152 valence electrons. The summed E-state index contributed by atoms with van der Waals surface area (Å²) < 4.78 is 7.41. The zero-order valence-corrected chi connectivity index (χ0v) is 17.3.